The molecule has 2 aromatic carbocycles. The van der Waals surface area contributed by atoms with Crippen molar-refractivity contribution in [3.05, 3.63) is 59.7 Å². The monoisotopic (exact) mass is 388 g/mol. The fourth-order valence-electron chi connectivity index (χ4n) is 3.19. The van der Waals surface area contributed by atoms with E-state index in [1.54, 1.807) is 24.0 Å². The van der Waals surface area contributed by atoms with Crippen molar-refractivity contribution in [1.29, 1.82) is 0 Å². The minimum absolute atomic E-state index is 0.106. The molecule has 0 unspecified atom stereocenters. The summed E-state index contributed by atoms with van der Waals surface area (Å²) in [5.41, 5.74) is 2.35. The van der Waals surface area contributed by atoms with Gasteiger partial charge >= 0.3 is 0 Å². The number of sulfonamides is 1. The number of hydrogen-bond acceptors (Lipinski definition) is 4. The first-order valence-electron chi connectivity index (χ1n) is 9.01. The molecule has 2 aromatic rings. The maximum Gasteiger partial charge on any atom is 0.241 e. The molecule has 1 N–H and O–H groups in total. The number of rotatable bonds is 6. The molecular weight excluding hydrogens is 364 g/mol. The first-order valence-corrected chi connectivity index (χ1v) is 10.5. The third kappa shape index (κ3) is 4.48. The standard InChI is InChI=1S/C20H24N2O4S/c1-3-26-18-8-10-19(11-9-18)27(24,25)21-15(2)20(23)22-13-12-16-6-4-5-7-17(16)14-22/h4-11,15,21H,3,12-14H2,1-2H3/t15-/m1/s1. The molecule has 1 atom stereocenters. The van der Waals surface area contributed by atoms with Gasteiger partial charge in [-0.1, -0.05) is 24.3 Å². The average molecular weight is 388 g/mol. The van der Waals surface area contributed by atoms with E-state index in [0.717, 1.165) is 12.0 Å². The number of fused-ring (bicyclic) bond motifs is 1. The van der Waals surface area contributed by atoms with Crippen molar-refractivity contribution >= 4 is 15.9 Å². The number of amides is 1. The van der Waals surface area contributed by atoms with Crippen LogP contribution in [0, 0.1) is 0 Å². The summed E-state index contributed by atoms with van der Waals surface area (Å²) < 4.78 is 33.0. The zero-order valence-corrected chi connectivity index (χ0v) is 16.3. The zero-order valence-electron chi connectivity index (χ0n) is 15.5. The van der Waals surface area contributed by atoms with E-state index < -0.39 is 16.1 Å². The Kier molecular flexibility index (Phi) is 5.82. The highest BCUT2D eigenvalue weighted by Crippen LogP contribution is 2.20. The summed E-state index contributed by atoms with van der Waals surface area (Å²) >= 11 is 0. The molecule has 1 heterocycles. The molecule has 0 fully saturated rings. The van der Waals surface area contributed by atoms with E-state index in [1.807, 2.05) is 25.1 Å². The molecule has 1 aliphatic rings. The van der Waals surface area contributed by atoms with Gasteiger partial charge in [-0.05, 0) is 55.7 Å². The van der Waals surface area contributed by atoms with Crippen molar-refractivity contribution in [2.75, 3.05) is 13.2 Å². The van der Waals surface area contributed by atoms with Gasteiger partial charge < -0.3 is 9.64 Å². The van der Waals surface area contributed by atoms with Crippen LogP contribution in [-0.2, 0) is 27.8 Å². The van der Waals surface area contributed by atoms with Crippen LogP contribution in [0.2, 0.25) is 0 Å². The van der Waals surface area contributed by atoms with Gasteiger partial charge in [-0.2, -0.15) is 4.72 Å². The van der Waals surface area contributed by atoms with Gasteiger partial charge in [0.1, 0.15) is 5.75 Å². The molecule has 3 rings (SSSR count). The van der Waals surface area contributed by atoms with Gasteiger partial charge in [-0.25, -0.2) is 8.42 Å². The molecule has 6 nitrogen and oxygen atoms in total. The van der Waals surface area contributed by atoms with Crippen LogP contribution in [0.5, 0.6) is 5.75 Å². The Morgan fingerprint density at radius 3 is 2.48 bits per heavy atom. The highest BCUT2D eigenvalue weighted by atomic mass is 32.2. The van der Waals surface area contributed by atoms with E-state index in [4.69, 9.17) is 4.74 Å². The summed E-state index contributed by atoms with van der Waals surface area (Å²) in [5.74, 6) is 0.381. The molecule has 144 valence electrons. The highest BCUT2D eigenvalue weighted by Gasteiger charge is 2.28. The Balaban J connectivity index is 1.67. The lowest BCUT2D eigenvalue weighted by molar-refractivity contribution is -0.133. The van der Waals surface area contributed by atoms with Gasteiger partial charge in [0.15, 0.2) is 0 Å². The number of benzene rings is 2. The lowest BCUT2D eigenvalue weighted by Gasteiger charge is -2.31. The minimum Gasteiger partial charge on any atom is -0.494 e. The Labute approximate surface area is 160 Å². The van der Waals surface area contributed by atoms with Crippen LogP contribution in [0.3, 0.4) is 0 Å². The van der Waals surface area contributed by atoms with Gasteiger partial charge in [-0.15, -0.1) is 0 Å². The van der Waals surface area contributed by atoms with Crippen molar-refractivity contribution < 1.29 is 17.9 Å². The SMILES string of the molecule is CCOc1ccc(S(=O)(=O)N[C@H](C)C(=O)N2CCc3ccccc3C2)cc1. The van der Waals surface area contributed by atoms with E-state index in [0.29, 0.717) is 25.4 Å². The number of hydrogen-bond donors (Lipinski definition) is 1. The van der Waals surface area contributed by atoms with Gasteiger partial charge in [-0.3, -0.25) is 4.79 Å². The van der Waals surface area contributed by atoms with Crippen molar-refractivity contribution in [2.45, 2.75) is 37.8 Å². The Bertz CT molecular complexity index is 910. The second-order valence-corrected chi connectivity index (χ2v) is 8.24. The van der Waals surface area contributed by atoms with E-state index >= 15 is 0 Å². The molecule has 7 heteroatoms. The smallest absolute Gasteiger partial charge is 0.241 e. The maximum atomic E-state index is 12.7. The molecule has 0 spiro atoms. The maximum absolute atomic E-state index is 12.7. The molecule has 0 saturated heterocycles. The van der Waals surface area contributed by atoms with E-state index in [1.165, 1.54) is 17.7 Å². The second kappa shape index (κ2) is 8.10. The number of carbonyl (C=O) groups is 1. The van der Waals surface area contributed by atoms with E-state index in [-0.39, 0.29) is 10.8 Å². The van der Waals surface area contributed by atoms with Crippen molar-refractivity contribution in [1.82, 2.24) is 9.62 Å². The second-order valence-electron chi connectivity index (χ2n) is 6.53. The Morgan fingerprint density at radius 1 is 1.15 bits per heavy atom. The molecule has 1 amide bonds. The van der Waals surface area contributed by atoms with E-state index in [9.17, 15) is 13.2 Å². The van der Waals surface area contributed by atoms with Crippen LogP contribution in [-0.4, -0.2) is 38.4 Å². The van der Waals surface area contributed by atoms with Gasteiger partial charge in [0.05, 0.1) is 17.5 Å². The van der Waals surface area contributed by atoms with Crippen LogP contribution in [0.1, 0.15) is 25.0 Å². The first kappa shape index (κ1) is 19.4. The number of carbonyl (C=O) groups excluding carboxylic acids is 1. The molecule has 0 radical (unpaired) electrons. The zero-order chi connectivity index (χ0) is 19.4. The molecule has 1 aliphatic heterocycles. The fourth-order valence-corrected chi connectivity index (χ4v) is 4.39. The lowest BCUT2D eigenvalue weighted by atomic mass is 9.99. The minimum atomic E-state index is -3.79. The normalized spacial score (nSPS) is 15.1. The third-order valence-corrected chi connectivity index (χ3v) is 6.15. The van der Waals surface area contributed by atoms with Gasteiger partial charge in [0.2, 0.25) is 15.9 Å². The van der Waals surface area contributed by atoms with Crippen LogP contribution < -0.4 is 9.46 Å². The quantitative estimate of drug-likeness (QED) is 0.824. The molecule has 0 aromatic heterocycles. The summed E-state index contributed by atoms with van der Waals surface area (Å²) in [6.07, 6.45) is 0.778. The molecule has 0 bridgehead atoms. The first-order chi connectivity index (χ1) is 12.9. The van der Waals surface area contributed by atoms with Crippen molar-refractivity contribution in [3.8, 4) is 5.75 Å². The number of nitrogens with one attached hydrogen (secondary N) is 1. The summed E-state index contributed by atoms with van der Waals surface area (Å²) in [7, 11) is -3.79. The summed E-state index contributed by atoms with van der Waals surface area (Å²) in [4.78, 5) is 14.5. The average Bonchev–Trinajstić information content (AvgIpc) is 2.67. The Morgan fingerprint density at radius 2 is 1.81 bits per heavy atom. The molecule has 27 heavy (non-hydrogen) atoms. The van der Waals surface area contributed by atoms with Gasteiger partial charge in [0.25, 0.3) is 0 Å². The van der Waals surface area contributed by atoms with Crippen LogP contribution in [0.15, 0.2) is 53.4 Å². The lowest BCUT2D eigenvalue weighted by Crippen LogP contribution is -2.48. The summed E-state index contributed by atoms with van der Waals surface area (Å²) in [5, 5.41) is 0. The molecule has 0 saturated carbocycles. The molecular formula is C20H24N2O4S. The summed E-state index contributed by atoms with van der Waals surface area (Å²) in [6.45, 7) is 5.04. The topological polar surface area (TPSA) is 75.7 Å². The predicted octanol–water partition coefficient (Wildman–Crippen LogP) is 2.34. The summed E-state index contributed by atoms with van der Waals surface area (Å²) in [6, 6.07) is 13.3. The highest BCUT2D eigenvalue weighted by molar-refractivity contribution is 7.89. The fraction of sp³-hybridized carbons (Fsp3) is 0.350. The molecule has 0 aliphatic carbocycles. The predicted molar refractivity (Wildman–Crippen MR) is 103 cm³/mol. The number of nitrogens with zero attached hydrogens (tertiary/aromatic N) is 1. The van der Waals surface area contributed by atoms with Crippen molar-refractivity contribution in [3.63, 3.8) is 0 Å². The van der Waals surface area contributed by atoms with Crippen LogP contribution in [0.4, 0.5) is 0 Å². The van der Waals surface area contributed by atoms with Gasteiger partial charge in [0, 0.05) is 13.1 Å². The third-order valence-electron chi connectivity index (χ3n) is 4.59. The number of ether oxygens (including phenoxy) is 1. The Hall–Kier alpha value is -2.38. The van der Waals surface area contributed by atoms with Crippen molar-refractivity contribution in [2.24, 2.45) is 0 Å². The largest absolute Gasteiger partial charge is 0.494 e. The van der Waals surface area contributed by atoms with Crippen LogP contribution in [0.25, 0.3) is 0 Å². The van der Waals surface area contributed by atoms with E-state index in [2.05, 4.69) is 10.8 Å². The van der Waals surface area contributed by atoms with Crippen LogP contribution >= 0.6 is 0 Å².